The van der Waals surface area contributed by atoms with Gasteiger partial charge in [-0.3, -0.25) is 9.59 Å². The van der Waals surface area contributed by atoms with E-state index in [4.69, 9.17) is 16.3 Å². The number of carbonyl (C=O) groups excluding carboxylic acids is 2. The minimum atomic E-state index is -0.498. The van der Waals surface area contributed by atoms with Crippen LogP contribution < -0.4 is 15.4 Å². The molecule has 6 heteroatoms. The van der Waals surface area contributed by atoms with Crippen LogP contribution in [0, 0.1) is 0 Å². The molecule has 2 rings (SSSR count). The maximum absolute atomic E-state index is 12.3. The first-order chi connectivity index (χ1) is 11.5. The molecule has 2 N–H and O–H groups in total. The molecule has 0 spiro atoms. The highest BCUT2D eigenvalue weighted by molar-refractivity contribution is 6.31. The van der Waals surface area contributed by atoms with Crippen molar-refractivity contribution < 1.29 is 14.3 Å². The Hall–Kier alpha value is -2.53. The first kappa shape index (κ1) is 17.8. The van der Waals surface area contributed by atoms with Gasteiger partial charge in [-0.2, -0.15) is 0 Å². The minimum absolute atomic E-state index is 0.0700. The van der Waals surface area contributed by atoms with Crippen LogP contribution in [0.25, 0.3) is 0 Å². The number of carbonyl (C=O) groups is 2. The zero-order valence-electron chi connectivity index (χ0n) is 13.5. The smallest absolute Gasteiger partial charge is 0.226 e. The van der Waals surface area contributed by atoms with E-state index in [0.29, 0.717) is 22.0 Å². The fourth-order valence-corrected chi connectivity index (χ4v) is 2.61. The number of hydrogen-bond acceptors (Lipinski definition) is 3. The molecule has 126 valence electrons. The molecular weight excluding hydrogens is 328 g/mol. The minimum Gasteiger partial charge on any atom is -0.497 e. The molecule has 0 radical (unpaired) electrons. The number of halogens is 1. The van der Waals surface area contributed by atoms with E-state index in [9.17, 15) is 9.59 Å². The molecular formula is C18H19ClN2O3. The molecule has 0 heterocycles. The number of methoxy groups -OCH3 is 1. The van der Waals surface area contributed by atoms with Crippen molar-refractivity contribution in [3.63, 3.8) is 0 Å². The van der Waals surface area contributed by atoms with Gasteiger partial charge in [-0.1, -0.05) is 35.9 Å². The van der Waals surface area contributed by atoms with Gasteiger partial charge in [0.15, 0.2) is 0 Å². The first-order valence-electron chi connectivity index (χ1n) is 7.45. The molecule has 2 aromatic rings. The number of amides is 2. The second-order valence-corrected chi connectivity index (χ2v) is 5.67. The molecule has 0 aliphatic heterocycles. The van der Waals surface area contributed by atoms with Gasteiger partial charge in [0.05, 0.1) is 19.6 Å². The summed E-state index contributed by atoms with van der Waals surface area (Å²) in [6.07, 6.45) is 0.0700. The van der Waals surface area contributed by atoms with Crippen LogP contribution in [0.5, 0.6) is 5.75 Å². The second-order valence-electron chi connectivity index (χ2n) is 5.26. The Morgan fingerprint density at radius 1 is 1.17 bits per heavy atom. The Balaban J connectivity index is 2.12. The summed E-state index contributed by atoms with van der Waals surface area (Å²) >= 11 is 6.19. The van der Waals surface area contributed by atoms with E-state index < -0.39 is 6.04 Å². The molecule has 24 heavy (non-hydrogen) atoms. The van der Waals surface area contributed by atoms with E-state index in [-0.39, 0.29) is 18.2 Å². The van der Waals surface area contributed by atoms with Crippen LogP contribution in [-0.2, 0) is 9.59 Å². The van der Waals surface area contributed by atoms with E-state index in [1.165, 1.54) is 6.92 Å². The van der Waals surface area contributed by atoms with Gasteiger partial charge in [0, 0.05) is 23.7 Å². The van der Waals surface area contributed by atoms with Crippen LogP contribution in [0.2, 0.25) is 5.02 Å². The van der Waals surface area contributed by atoms with Crippen molar-refractivity contribution in [1.82, 2.24) is 5.32 Å². The normalized spacial score (nSPS) is 11.5. The number of anilines is 1. The molecule has 2 amide bonds. The van der Waals surface area contributed by atoms with Gasteiger partial charge in [0.2, 0.25) is 11.8 Å². The van der Waals surface area contributed by atoms with Gasteiger partial charge in [-0.25, -0.2) is 0 Å². The zero-order valence-corrected chi connectivity index (χ0v) is 14.3. The third-order valence-electron chi connectivity index (χ3n) is 3.40. The van der Waals surface area contributed by atoms with Crippen LogP contribution in [0.4, 0.5) is 5.69 Å². The zero-order chi connectivity index (χ0) is 17.5. The van der Waals surface area contributed by atoms with Crippen molar-refractivity contribution >= 4 is 29.1 Å². The van der Waals surface area contributed by atoms with Crippen molar-refractivity contribution in [1.29, 1.82) is 0 Å². The molecule has 0 bridgehead atoms. The van der Waals surface area contributed by atoms with Crippen LogP contribution in [0.15, 0.2) is 48.5 Å². The topological polar surface area (TPSA) is 67.4 Å². The average Bonchev–Trinajstić information content (AvgIpc) is 2.54. The van der Waals surface area contributed by atoms with Crippen LogP contribution in [0.3, 0.4) is 0 Å². The number of benzene rings is 2. The highest BCUT2D eigenvalue weighted by atomic mass is 35.5. The van der Waals surface area contributed by atoms with Crippen molar-refractivity contribution in [2.75, 3.05) is 12.4 Å². The molecule has 0 saturated heterocycles. The van der Waals surface area contributed by atoms with E-state index in [0.717, 1.165) is 0 Å². The van der Waals surface area contributed by atoms with Crippen LogP contribution in [0.1, 0.15) is 24.9 Å². The quantitative estimate of drug-likeness (QED) is 0.840. The van der Waals surface area contributed by atoms with E-state index >= 15 is 0 Å². The first-order valence-corrected chi connectivity index (χ1v) is 7.83. The fraction of sp³-hybridized carbons (Fsp3) is 0.222. The summed E-state index contributed by atoms with van der Waals surface area (Å²) in [5, 5.41) is 6.07. The fourth-order valence-electron chi connectivity index (χ4n) is 2.34. The summed E-state index contributed by atoms with van der Waals surface area (Å²) in [6.45, 7) is 1.41. The molecule has 0 saturated carbocycles. The monoisotopic (exact) mass is 346 g/mol. The number of hydrogen-bond donors (Lipinski definition) is 2. The summed E-state index contributed by atoms with van der Waals surface area (Å²) in [5.74, 6) is 0.188. The van der Waals surface area contributed by atoms with E-state index in [1.807, 2.05) is 6.07 Å². The van der Waals surface area contributed by atoms with Gasteiger partial charge in [0.25, 0.3) is 0 Å². The molecule has 0 fully saturated rings. The predicted octanol–water partition coefficient (Wildman–Crippen LogP) is 3.55. The Bertz CT molecular complexity index is 734. The van der Waals surface area contributed by atoms with E-state index in [2.05, 4.69) is 10.6 Å². The van der Waals surface area contributed by atoms with E-state index in [1.54, 1.807) is 49.6 Å². The summed E-state index contributed by atoms with van der Waals surface area (Å²) < 4.78 is 5.13. The summed E-state index contributed by atoms with van der Waals surface area (Å²) in [6, 6.07) is 13.7. The SMILES string of the molecule is COc1cccc(NC(=O)C[C@@H](NC(C)=O)c2ccccc2Cl)c1. The molecule has 2 aromatic carbocycles. The number of rotatable bonds is 6. The third-order valence-corrected chi connectivity index (χ3v) is 3.75. The van der Waals surface area contributed by atoms with Crippen molar-refractivity contribution in [3.05, 3.63) is 59.1 Å². The molecule has 0 aliphatic rings. The maximum atomic E-state index is 12.3. The molecule has 0 aromatic heterocycles. The summed E-state index contributed by atoms with van der Waals surface area (Å²) in [4.78, 5) is 23.8. The van der Waals surface area contributed by atoms with Gasteiger partial charge < -0.3 is 15.4 Å². The summed E-state index contributed by atoms with van der Waals surface area (Å²) in [7, 11) is 1.56. The predicted molar refractivity (Wildman–Crippen MR) is 94.3 cm³/mol. The average molecular weight is 347 g/mol. The van der Waals surface area contributed by atoms with Gasteiger partial charge in [-0.05, 0) is 23.8 Å². The molecule has 5 nitrogen and oxygen atoms in total. The van der Waals surface area contributed by atoms with Crippen molar-refractivity contribution in [2.45, 2.75) is 19.4 Å². The Labute approximate surface area is 146 Å². The Morgan fingerprint density at radius 2 is 1.92 bits per heavy atom. The highest BCUT2D eigenvalue weighted by Crippen LogP contribution is 2.26. The van der Waals surface area contributed by atoms with Crippen molar-refractivity contribution in [2.24, 2.45) is 0 Å². The lowest BCUT2D eigenvalue weighted by molar-refractivity contribution is -0.120. The lowest BCUT2D eigenvalue weighted by Gasteiger charge is -2.19. The molecule has 1 atom stereocenters. The van der Waals surface area contributed by atoms with Crippen LogP contribution in [-0.4, -0.2) is 18.9 Å². The number of nitrogens with one attached hydrogen (secondary N) is 2. The lowest BCUT2D eigenvalue weighted by atomic mass is 10.0. The summed E-state index contributed by atoms with van der Waals surface area (Å²) in [5.41, 5.74) is 1.33. The number of ether oxygens (including phenoxy) is 1. The second kappa shape index (κ2) is 8.36. The van der Waals surface area contributed by atoms with Gasteiger partial charge >= 0.3 is 0 Å². The third kappa shape index (κ3) is 4.99. The largest absolute Gasteiger partial charge is 0.497 e. The highest BCUT2D eigenvalue weighted by Gasteiger charge is 2.19. The van der Waals surface area contributed by atoms with Gasteiger partial charge in [-0.15, -0.1) is 0 Å². The van der Waals surface area contributed by atoms with Crippen molar-refractivity contribution in [3.8, 4) is 5.75 Å². The standard InChI is InChI=1S/C18H19ClN2O3/c1-12(22)20-17(15-8-3-4-9-16(15)19)11-18(23)21-13-6-5-7-14(10-13)24-2/h3-10,17H,11H2,1-2H3,(H,20,22)(H,21,23)/t17-/m1/s1. The lowest BCUT2D eigenvalue weighted by Crippen LogP contribution is -2.30. The Kier molecular flexibility index (Phi) is 6.21. The van der Waals surface area contributed by atoms with Crippen LogP contribution >= 0.6 is 11.6 Å². The maximum Gasteiger partial charge on any atom is 0.226 e. The Morgan fingerprint density at radius 3 is 2.58 bits per heavy atom. The van der Waals surface area contributed by atoms with Gasteiger partial charge in [0.1, 0.15) is 5.75 Å². The molecule has 0 aliphatic carbocycles. The molecule has 0 unspecified atom stereocenters.